The summed E-state index contributed by atoms with van der Waals surface area (Å²) in [6.07, 6.45) is 5.39. The molecule has 1 aliphatic rings. The molecule has 0 amide bonds. The van der Waals surface area contributed by atoms with Crippen molar-refractivity contribution in [2.24, 2.45) is 0 Å². The second kappa shape index (κ2) is 9.15. The zero-order valence-electron chi connectivity index (χ0n) is 16.9. The van der Waals surface area contributed by atoms with Crippen molar-refractivity contribution in [2.45, 2.75) is 12.8 Å². The van der Waals surface area contributed by atoms with Gasteiger partial charge in [-0.3, -0.25) is 4.98 Å². The number of pyridine rings is 1. The van der Waals surface area contributed by atoms with Crippen molar-refractivity contribution in [1.82, 2.24) is 19.9 Å². The van der Waals surface area contributed by atoms with Crippen LogP contribution >= 0.6 is 0 Å². The lowest BCUT2D eigenvalue weighted by atomic mass is 10.1. The van der Waals surface area contributed by atoms with E-state index >= 15 is 0 Å². The second-order valence-electron chi connectivity index (χ2n) is 7.34. The molecule has 29 heavy (non-hydrogen) atoms. The predicted molar refractivity (Wildman–Crippen MR) is 117 cm³/mol. The van der Waals surface area contributed by atoms with Gasteiger partial charge in [-0.25, -0.2) is 9.97 Å². The SMILES string of the molecule is CNc1nc(-c2ccc(N3CCCN(CCCO)CC3)cc2)cc2nccnc12. The Labute approximate surface area is 171 Å². The molecule has 0 saturated carbocycles. The summed E-state index contributed by atoms with van der Waals surface area (Å²) in [6, 6.07) is 10.6. The van der Waals surface area contributed by atoms with Crippen LogP contribution in [-0.2, 0) is 0 Å². The number of hydrogen-bond acceptors (Lipinski definition) is 7. The summed E-state index contributed by atoms with van der Waals surface area (Å²) in [5, 5.41) is 12.2. The van der Waals surface area contributed by atoms with Crippen LogP contribution in [0, 0.1) is 0 Å². The number of benzene rings is 1. The molecule has 152 valence electrons. The van der Waals surface area contributed by atoms with Crippen LogP contribution in [0.15, 0.2) is 42.7 Å². The third-order valence-corrected chi connectivity index (χ3v) is 5.44. The Hall–Kier alpha value is -2.77. The Morgan fingerprint density at radius 2 is 1.86 bits per heavy atom. The number of hydrogen-bond donors (Lipinski definition) is 2. The van der Waals surface area contributed by atoms with Gasteiger partial charge in [-0.2, -0.15) is 0 Å². The summed E-state index contributed by atoms with van der Waals surface area (Å²) in [4.78, 5) is 18.4. The first-order valence-electron chi connectivity index (χ1n) is 10.3. The number of aliphatic hydroxyl groups is 1. The third kappa shape index (κ3) is 4.46. The van der Waals surface area contributed by atoms with Gasteiger partial charge in [0.15, 0.2) is 5.82 Å². The van der Waals surface area contributed by atoms with Gasteiger partial charge in [-0.1, -0.05) is 12.1 Å². The molecule has 1 fully saturated rings. The Balaban J connectivity index is 1.52. The molecule has 0 spiro atoms. The third-order valence-electron chi connectivity index (χ3n) is 5.44. The van der Waals surface area contributed by atoms with Gasteiger partial charge in [0.05, 0.1) is 11.2 Å². The Bertz CT molecular complexity index is 946. The maximum atomic E-state index is 9.06. The minimum absolute atomic E-state index is 0.269. The molecule has 2 aromatic heterocycles. The first-order valence-corrected chi connectivity index (χ1v) is 10.3. The number of nitrogens with one attached hydrogen (secondary N) is 1. The zero-order valence-corrected chi connectivity index (χ0v) is 16.9. The number of anilines is 2. The molecule has 2 N–H and O–H groups in total. The van der Waals surface area contributed by atoms with Crippen LogP contribution in [0.2, 0.25) is 0 Å². The van der Waals surface area contributed by atoms with Crippen molar-refractivity contribution in [1.29, 1.82) is 0 Å². The van der Waals surface area contributed by atoms with E-state index in [1.165, 1.54) is 5.69 Å². The average molecular weight is 393 g/mol. The molecule has 1 saturated heterocycles. The minimum atomic E-state index is 0.269. The van der Waals surface area contributed by atoms with Gasteiger partial charge < -0.3 is 20.2 Å². The van der Waals surface area contributed by atoms with Crippen LogP contribution in [0.25, 0.3) is 22.3 Å². The van der Waals surface area contributed by atoms with Gasteiger partial charge in [-0.05, 0) is 37.6 Å². The van der Waals surface area contributed by atoms with Crippen molar-refractivity contribution in [3.05, 3.63) is 42.7 Å². The van der Waals surface area contributed by atoms with Crippen molar-refractivity contribution >= 4 is 22.5 Å². The van der Waals surface area contributed by atoms with Crippen molar-refractivity contribution in [3.8, 4) is 11.3 Å². The van der Waals surface area contributed by atoms with E-state index in [1.807, 2.05) is 13.1 Å². The monoisotopic (exact) mass is 392 g/mol. The van der Waals surface area contributed by atoms with Crippen LogP contribution in [-0.4, -0.2) is 71.3 Å². The Morgan fingerprint density at radius 3 is 2.66 bits per heavy atom. The van der Waals surface area contributed by atoms with Gasteiger partial charge in [0.1, 0.15) is 5.52 Å². The molecule has 0 unspecified atom stereocenters. The molecular formula is C22H28N6O. The van der Waals surface area contributed by atoms with E-state index in [9.17, 15) is 0 Å². The molecule has 1 aromatic carbocycles. The topological polar surface area (TPSA) is 77.4 Å². The molecular weight excluding hydrogens is 364 g/mol. The molecule has 4 rings (SSSR count). The number of aromatic nitrogens is 3. The standard InChI is InChI=1S/C22H28N6O/c1-23-22-21-20(24-8-9-25-21)16-19(26-22)17-4-6-18(7-5-17)28-12-2-10-27(13-14-28)11-3-15-29/h4-9,16,29H,2-3,10-15H2,1H3,(H,23,26). The molecule has 0 radical (unpaired) electrons. The normalized spacial score (nSPS) is 15.4. The molecule has 7 nitrogen and oxygen atoms in total. The lowest BCUT2D eigenvalue weighted by Gasteiger charge is -2.24. The summed E-state index contributed by atoms with van der Waals surface area (Å²) in [7, 11) is 1.85. The van der Waals surface area contributed by atoms with Crippen LogP contribution in [0.5, 0.6) is 0 Å². The van der Waals surface area contributed by atoms with Gasteiger partial charge >= 0.3 is 0 Å². The number of rotatable bonds is 6. The average Bonchev–Trinajstić information content (AvgIpc) is 3.02. The van der Waals surface area contributed by atoms with E-state index in [0.717, 1.165) is 73.7 Å². The molecule has 0 aliphatic carbocycles. The Morgan fingerprint density at radius 1 is 1.03 bits per heavy atom. The van der Waals surface area contributed by atoms with Gasteiger partial charge in [0.2, 0.25) is 0 Å². The fourth-order valence-electron chi connectivity index (χ4n) is 3.88. The van der Waals surface area contributed by atoms with Gasteiger partial charge in [0.25, 0.3) is 0 Å². The fourth-order valence-corrected chi connectivity index (χ4v) is 3.88. The highest BCUT2D eigenvalue weighted by Crippen LogP contribution is 2.27. The number of nitrogens with zero attached hydrogens (tertiary/aromatic N) is 5. The maximum absolute atomic E-state index is 9.06. The summed E-state index contributed by atoms with van der Waals surface area (Å²) in [5.74, 6) is 0.741. The summed E-state index contributed by atoms with van der Waals surface area (Å²) >= 11 is 0. The first kappa shape index (κ1) is 19.5. The molecule has 1 aliphatic heterocycles. The molecule has 3 aromatic rings. The molecule has 0 bridgehead atoms. The van der Waals surface area contributed by atoms with Crippen molar-refractivity contribution in [3.63, 3.8) is 0 Å². The van der Waals surface area contributed by atoms with E-state index in [-0.39, 0.29) is 6.61 Å². The second-order valence-corrected chi connectivity index (χ2v) is 7.34. The fraction of sp³-hybridized carbons (Fsp3) is 0.409. The highest BCUT2D eigenvalue weighted by Gasteiger charge is 2.15. The van der Waals surface area contributed by atoms with E-state index in [0.29, 0.717) is 0 Å². The van der Waals surface area contributed by atoms with Crippen molar-refractivity contribution in [2.75, 3.05) is 56.6 Å². The quantitative estimate of drug-likeness (QED) is 0.668. The van der Waals surface area contributed by atoms with Crippen molar-refractivity contribution < 1.29 is 5.11 Å². The van der Waals surface area contributed by atoms with Crippen LogP contribution in [0.4, 0.5) is 11.5 Å². The summed E-state index contributed by atoms with van der Waals surface area (Å²) in [6.45, 7) is 5.46. The lowest BCUT2D eigenvalue weighted by molar-refractivity contribution is 0.232. The zero-order chi connectivity index (χ0) is 20.1. The summed E-state index contributed by atoms with van der Waals surface area (Å²) in [5.41, 5.74) is 4.82. The van der Waals surface area contributed by atoms with Crippen LogP contribution in [0.3, 0.4) is 0 Å². The van der Waals surface area contributed by atoms with E-state index in [1.54, 1.807) is 12.4 Å². The van der Waals surface area contributed by atoms with Gasteiger partial charge in [-0.15, -0.1) is 0 Å². The maximum Gasteiger partial charge on any atom is 0.154 e. The predicted octanol–water partition coefficient (Wildman–Crippen LogP) is 2.63. The van der Waals surface area contributed by atoms with Gasteiger partial charge in [0, 0.05) is 63.5 Å². The smallest absolute Gasteiger partial charge is 0.154 e. The number of aliphatic hydroxyl groups excluding tert-OH is 1. The molecule has 0 atom stereocenters. The summed E-state index contributed by atoms with van der Waals surface area (Å²) < 4.78 is 0. The number of fused-ring (bicyclic) bond motifs is 1. The Kier molecular flexibility index (Phi) is 6.17. The largest absolute Gasteiger partial charge is 0.396 e. The highest BCUT2D eigenvalue weighted by molar-refractivity contribution is 5.88. The first-order chi connectivity index (χ1) is 14.3. The molecule has 3 heterocycles. The minimum Gasteiger partial charge on any atom is -0.396 e. The van der Waals surface area contributed by atoms with Crippen LogP contribution < -0.4 is 10.2 Å². The highest BCUT2D eigenvalue weighted by atomic mass is 16.3. The lowest BCUT2D eigenvalue weighted by Crippen LogP contribution is -2.31. The molecule has 7 heteroatoms. The van der Waals surface area contributed by atoms with Crippen LogP contribution in [0.1, 0.15) is 12.8 Å². The van der Waals surface area contributed by atoms with E-state index in [4.69, 9.17) is 10.1 Å². The van der Waals surface area contributed by atoms with E-state index in [2.05, 4.69) is 49.4 Å². The van der Waals surface area contributed by atoms with E-state index < -0.39 is 0 Å².